The monoisotopic (exact) mass is 630 g/mol. The molecule has 4 rings (SSSR count). The normalized spacial score (nSPS) is 13.7. The summed E-state index contributed by atoms with van der Waals surface area (Å²) in [6, 6.07) is 22.1. The summed E-state index contributed by atoms with van der Waals surface area (Å²) in [6.07, 6.45) is 12.9. The Morgan fingerprint density at radius 2 is 1.42 bits per heavy atom. The number of nitrogens with zero attached hydrogens (tertiary/aromatic N) is 1. The second-order valence-corrected chi connectivity index (χ2v) is 14.1. The second kappa shape index (κ2) is 16.2. The number of ether oxygens (including phenoxy) is 1. The van der Waals surface area contributed by atoms with Crippen molar-refractivity contribution in [3.8, 4) is 11.1 Å². The van der Waals surface area contributed by atoms with Gasteiger partial charge in [-0.15, -0.1) is 0 Å². The van der Waals surface area contributed by atoms with E-state index in [1.165, 1.54) is 67.9 Å². The van der Waals surface area contributed by atoms with Gasteiger partial charge in [-0.3, -0.25) is 4.79 Å². The predicted molar refractivity (Wildman–Crippen MR) is 184 cm³/mol. The Bertz CT molecular complexity index is 1550. The summed E-state index contributed by atoms with van der Waals surface area (Å²) in [5, 5.41) is 4.51. The van der Waals surface area contributed by atoms with Gasteiger partial charge in [0.15, 0.2) is 0 Å². The highest BCUT2D eigenvalue weighted by Gasteiger charge is 2.42. The molecular formula is C38H50N2O4S. The van der Waals surface area contributed by atoms with Crippen LogP contribution in [0.5, 0.6) is 0 Å². The fourth-order valence-corrected chi connectivity index (χ4v) is 7.49. The molecule has 0 heterocycles. The number of rotatable bonds is 18. The van der Waals surface area contributed by atoms with Crippen molar-refractivity contribution in [2.45, 2.75) is 115 Å². The quantitative estimate of drug-likeness (QED) is 0.0657. The van der Waals surface area contributed by atoms with Crippen LogP contribution in [-0.2, 0) is 25.0 Å². The summed E-state index contributed by atoms with van der Waals surface area (Å²) >= 11 is 0. The van der Waals surface area contributed by atoms with Gasteiger partial charge in [-0.1, -0.05) is 119 Å². The molecule has 1 aliphatic rings. The van der Waals surface area contributed by atoms with Crippen molar-refractivity contribution >= 4 is 21.7 Å². The van der Waals surface area contributed by atoms with Gasteiger partial charge in [-0.05, 0) is 78.6 Å². The van der Waals surface area contributed by atoms with Crippen molar-refractivity contribution in [1.29, 1.82) is 0 Å². The van der Waals surface area contributed by atoms with Crippen LogP contribution in [0.25, 0.3) is 11.1 Å². The molecule has 3 aromatic rings. The third kappa shape index (κ3) is 8.43. The molecule has 0 fully saturated rings. The lowest BCUT2D eigenvalue weighted by Crippen LogP contribution is -2.26. The van der Waals surface area contributed by atoms with E-state index < -0.39 is 10.0 Å². The number of methoxy groups -OCH3 is 1. The largest absolute Gasteiger partial charge is 0.469 e. The number of hydrogen-bond donors (Lipinski definition) is 1. The molecule has 1 N–H and O–H groups in total. The molecule has 0 saturated carbocycles. The lowest BCUT2D eigenvalue weighted by molar-refractivity contribution is -0.140. The number of hydrazone groups is 1. The van der Waals surface area contributed by atoms with Crippen molar-refractivity contribution in [3.63, 3.8) is 0 Å². The van der Waals surface area contributed by atoms with Crippen molar-refractivity contribution in [1.82, 2.24) is 4.83 Å². The minimum Gasteiger partial charge on any atom is -0.469 e. The van der Waals surface area contributed by atoms with Crippen LogP contribution in [0, 0.1) is 6.92 Å². The fraction of sp³-hybridized carbons (Fsp3) is 0.474. The van der Waals surface area contributed by atoms with Crippen LogP contribution in [0.2, 0.25) is 0 Å². The van der Waals surface area contributed by atoms with Gasteiger partial charge < -0.3 is 4.74 Å². The second-order valence-electron chi connectivity index (χ2n) is 12.4. The molecular weight excluding hydrogens is 580 g/mol. The van der Waals surface area contributed by atoms with Gasteiger partial charge in [0.05, 0.1) is 17.7 Å². The van der Waals surface area contributed by atoms with E-state index in [1.54, 1.807) is 24.3 Å². The van der Waals surface area contributed by atoms with E-state index in [2.05, 4.69) is 66.2 Å². The van der Waals surface area contributed by atoms with Crippen LogP contribution in [0.1, 0.15) is 120 Å². The number of hydrogen-bond acceptors (Lipinski definition) is 5. The molecule has 0 atom stereocenters. The third-order valence-electron chi connectivity index (χ3n) is 9.17. The van der Waals surface area contributed by atoms with Crippen molar-refractivity contribution in [3.05, 3.63) is 89.0 Å². The van der Waals surface area contributed by atoms with Crippen molar-refractivity contribution in [2.75, 3.05) is 7.11 Å². The molecule has 0 unspecified atom stereocenters. The lowest BCUT2D eigenvalue weighted by Gasteiger charge is -2.33. The maximum atomic E-state index is 13.2. The number of carbonyl (C=O) groups excluding carboxylic acids is 1. The molecule has 0 radical (unpaired) electrons. The topological polar surface area (TPSA) is 84.8 Å². The number of fused-ring (bicyclic) bond motifs is 3. The zero-order valence-electron chi connectivity index (χ0n) is 27.5. The van der Waals surface area contributed by atoms with E-state index in [9.17, 15) is 13.2 Å². The maximum absolute atomic E-state index is 13.2. The highest BCUT2D eigenvalue weighted by atomic mass is 32.2. The molecule has 0 aliphatic heterocycles. The first-order chi connectivity index (χ1) is 21.8. The Hall–Kier alpha value is -3.45. The Morgan fingerprint density at radius 1 is 0.778 bits per heavy atom. The van der Waals surface area contributed by atoms with Crippen molar-refractivity contribution in [2.24, 2.45) is 5.10 Å². The maximum Gasteiger partial charge on any atom is 0.305 e. The Morgan fingerprint density at radius 3 is 2.07 bits per heavy atom. The smallest absolute Gasteiger partial charge is 0.305 e. The molecule has 242 valence electrons. The number of aryl methyl sites for hydroxylation is 1. The molecule has 7 heteroatoms. The molecule has 0 spiro atoms. The van der Waals surface area contributed by atoms with Gasteiger partial charge in [0, 0.05) is 11.8 Å². The van der Waals surface area contributed by atoms with Gasteiger partial charge in [-0.25, -0.2) is 0 Å². The molecule has 45 heavy (non-hydrogen) atoms. The molecule has 0 aromatic heterocycles. The van der Waals surface area contributed by atoms with E-state index in [-0.39, 0.29) is 22.7 Å². The number of nitrogens with one attached hydrogen (secondary N) is 1. The molecule has 0 saturated heterocycles. The Labute approximate surface area is 270 Å². The van der Waals surface area contributed by atoms with E-state index in [0.717, 1.165) is 36.8 Å². The Kier molecular flexibility index (Phi) is 12.4. The van der Waals surface area contributed by atoms with Gasteiger partial charge >= 0.3 is 5.97 Å². The molecule has 6 nitrogen and oxygen atoms in total. The van der Waals surface area contributed by atoms with Crippen LogP contribution in [0.3, 0.4) is 0 Å². The SMILES string of the molecule is CCCCCCC1(CCCCCC)c2ccccc2-c2ccc(/C(CCCC(=O)OC)=N/NS(=O)(=O)c3ccc(C)cc3)cc21. The standard InChI is InChI=1S/C38H50N2O4S/c1-5-7-9-13-26-38(27-14-10-8-6-2)34-17-12-11-16-32(34)33-25-22-30(28-35(33)38)36(18-15-19-37(41)44-4)39-40-45(42,43)31-23-20-29(3)21-24-31/h11-12,16-17,20-25,28,40H,5-10,13-15,18-19,26-27H2,1-4H3/b39-36+. The summed E-state index contributed by atoms with van der Waals surface area (Å²) in [4.78, 5) is 14.6. The van der Waals surface area contributed by atoms with E-state index in [4.69, 9.17) is 4.74 Å². The van der Waals surface area contributed by atoms with Gasteiger partial charge in [0.1, 0.15) is 0 Å². The first kappa shape index (κ1) is 34.4. The van der Waals surface area contributed by atoms with Gasteiger partial charge in [-0.2, -0.15) is 18.4 Å². The highest BCUT2D eigenvalue weighted by Crippen LogP contribution is 2.54. The van der Waals surface area contributed by atoms with Crippen LogP contribution < -0.4 is 4.83 Å². The number of benzene rings is 3. The summed E-state index contributed by atoms with van der Waals surface area (Å²) in [6.45, 7) is 6.42. The predicted octanol–water partition coefficient (Wildman–Crippen LogP) is 9.23. The summed E-state index contributed by atoms with van der Waals surface area (Å²) in [7, 11) is -2.49. The van der Waals surface area contributed by atoms with E-state index in [1.807, 2.05) is 6.92 Å². The summed E-state index contributed by atoms with van der Waals surface area (Å²) in [5.41, 5.74) is 7.66. The molecule has 3 aromatic carbocycles. The van der Waals surface area contributed by atoms with E-state index in [0.29, 0.717) is 18.6 Å². The average Bonchev–Trinajstić information content (AvgIpc) is 3.32. The zero-order valence-corrected chi connectivity index (χ0v) is 28.3. The zero-order chi connectivity index (χ0) is 32.3. The third-order valence-corrected chi connectivity index (χ3v) is 10.4. The summed E-state index contributed by atoms with van der Waals surface area (Å²) < 4.78 is 31.3. The fourth-order valence-electron chi connectivity index (χ4n) is 6.66. The molecule has 0 amide bonds. The first-order valence-electron chi connectivity index (χ1n) is 16.7. The number of unbranched alkanes of at least 4 members (excludes halogenated alkanes) is 6. The first-order valence-corrected chi connectivity index (χ1v) is 18.2. The molecule has 1 aliphatic carbocycles. The van der Waals surface area contributed by atoms with Crippen molar-refractivity contribution < 1.29 is 17.9 Å². The number of carbonyl (C=O) groups is 1. The minimum atomic E-state index is -3.87. The minimum absolute atomic E-state index is 0.0953. The van der Waals surface area contributed by atoms with Gasteiger partial charge in [0.2, 0.25) is 0 Å². The summed E-state index contributed by atoms with van der Waals surface area (Å²) in [5.74, 6) is -0.294. The van der Waals surface area contributed by atoms with E-state index >= 15 is 0 Å². The van der Waals surface area contributed by atoms with Crippen LogP contribution >= 0.6 is 0 Å². The number of esters is 1. The average molecular weight is 631 g/mol. The van der Waals surface area contributed by atoms with Crippen LogP contribution in [-0.4, -0.2) is 27.2 Å². The van der Waals surface area contributed by atoms with Gasteiger partial charge in [0.25, 0.3) is 10.0 Å². The van der Waals surface area contributed by atoms with Crippen LogP contribution in [0.15, 0.2) is 76.7 Å². The van der Waals surface area contributed by atoms with Crippen LogP contribution in [0.4, 0.5) is 0 Å². The Balaban J connectivity index is 1.76. The molecule has 0 bridgehead atoms. The lowest BCUT2D eigenvalue weighted by atomic mass is 9.70. The highest BCUT2D eigenvalue weighted by molar-refractivity contribution is 7.89. The number of sulfonamides is 1.